The number of hydrogen-bond acceptors (Lipinski definition) is 5. The summed E-state index contributed by atoms with van der Waals surface area (Å²) in [5, 5.41) is 11.3. The molecule has 2 aliphatic heterocycles. The highest BCUT2D eigenvalue weighted by Gasteiger charge is 2.45. The Hall–Kier alpha value is -1.66. The zero-order valence-corrected chi connectivity index (χ0v) is 15.4. The lowest BCUT2D eigenvalue weighted by Crippen LogP contribution is -2.56. The minimum Gasteiger partial charge on any atom is -0.389 e. The van der Waals surface area contributed by atoms with Crippen molar-refractivity contribution in [3.05, 3.63) is 23.9 Å². The summed E-state index contributed by atoms with van der Waals surface area (Å²) in [5.41, 5.74) is -0.0305. The number of carbonyl (C=O) groups is 1. The Labute approximate surface area is 149 Å². The van der Waals surface area contributed by atoms with E-state index in [-0.39, 0.29) is 11.8 Å². The van der Waals surface area contributed by atoms with Gasteiger partial charge in [-0.1, -0.05) is 6.92 Å². The summed E-state index contributed by atoms with van der Waals surface area (Å²) in [6.45, 7) is 5.01. The molecule has 0 radical (unpaired) electrons. The molecule has 0 saturated carbocycles. The normalized spacial score (nSPS) is 28.0. The van der Waals surface area contributed by atoms with Crippen LogP contribution in [-0.2, 0) is 4.74 Å². The molecule has 0 aromatic carbocycles. The molecule has 1 aromatic rings. The summed E-state index contributed by atoms with van der Waals surface area (Å²) >= 11 is 0. The maximum absolute atomic E-state index is 12.5. The lowest BCUT2D eigenvalue weighted by molar-refractivity contribution is -0.108. The molecule has 3 heterocycles. The predicted octanol–water partition coefficient (Wildman–Crippen LogP) is 1.79. The van der Waals surface area contributed by atoms with Crippen LogP contribution in [0.5, 0.6) is 0 Å². The van der Waals surface area contributed by atoms with Crippen molar-refractivity contribution in [2.24, 2.45) is 11.8 Å². The van der Waals surface area contributed by atoms with Crippen LogP contribution in [0.25, 0.3) is 0 Å². The van der Waals surface area contributed by atoms with Gasteiger partial charge in [-0.2, -0.15) is 0 Å². The van der Waals surface area contributed by atoms with Gasteiger partial charge in [-0.15, -0.1) is 0 Å². The minimum atomic E-state index is -0.652. The van der Waals surface area contributed by atoms with E-state index in [0.29, 0.717) is 31.0 Å². The van der Waals surface area contributed by atoms with Gasteiger partial charge in [0.2, 0.25) is 0 Å². The third-order valence-corrected chi connectivity index (χ3v) is 5.78. The summed E-state index contributed by atoms with van der Waals surface area (Å²) in [7, 11) is 3.50. The lowest BCUT2D eigenvalue weighted by Gasteiger charge is -2.49. The molecule has 2 saturated heterocycles. The maximum Gasteiger partial charge on any atom is 0.257 e. The van der Waals surface area contributed by atoms with Crippen LogP contribution in [0.4, 0.5) is 5.82 Å². The molecule has 6 heteroatoms. The Kier molecular flexibility index (Phi) is 5.29. The molecule has 1 aromatic heterocycles. The fourth-order valence-electron chi connectivity index (χ4n) is 4.19. The number of nitrogens with zero attached hydrogens (tertiary/aromatic N) is 3. The van der Waals surface area contributed by atoms with Gasteiger partial charge in [-0.3, -0.25) is 4.79 Å². The predicted molar refractivity (Wildman–Crippen MR) is 96.7 cm³/mol. The number of carbonyl (C=O) groups excluding carboxylic acids is 1. The second kappa shape index (κ2) is 7.30. The molecule has 0 aliphatic carbocycles. The van der Waals surface area contributed by atoms with E-state index >= 15 is 0 Å². The second-order valence-corrected chi connectivity index (χ2v) is 7.55. The van der Waals surface area contributed by atoms with Gasteiger partial charge in [-0.05, 0) is 37.3 Å². The van der Waals surface area contributed by atoms with Gasteiger partial charge in [-0.25, -0.2) is 4.98 Å². The average Bonchev–Trinajstić information content (AvgIpc) is 2.64. The third-order valence-electron chi connectivity index (χ3n) is 5.78. The van der Waals surface area contributed by atoms with Crippen LogP contribution in [0.15, 0.2) is 18.3 Å². The smallest absolute Gasteiger partial charge is 0.257 e. The third kappa shape index (κ3) is 3.51. The van der Waals surface area contributed by atoms with Crippen LogP contribution in [0.3, 0.4) is 0 Å². The Morgan fingerprint density at radius 2 is 2.12 bits per heavy atom. The monoisotopic (exact) mass is 347 g/mol. The van der Waals surface area contributed by atoms with E-state index in [1.54, 1.807) is 31.3 Å². The summed E-state index contributed by atoms with van der Waals surface area (Å²) in [5.74, 6) is 1.10. The average molecular weight is 347 g/mol. The quantitative estimate of drug-likeness (QED) is 0.903. The van der Waals surface area contributed by atoms with Crippen molar-refractivity contribution in [2.75, 3.05) is 45.3 Å². The van der Waals surface area contributed by atoms with Crippen LogP contribution in [0, 0.1) is 11.8 Å². The number of pyridine rings is 1. The molecule has 0 bridgehead atoms. The van der Waals surface area contributed by atoms with E-state index in [4.69, 9.17) is 4.74 Å². The molecule has 2 aliphatic rings. The second-order valence-electron chi connectivity index (χ2n) is 7.55. The van der Waals surface area contributed by atoms with Crippen LogP contribution in [-0.4, -0.2) is 66.9 Å². The van der Waals surface area contributed by atoms with Crippen molar-refractivity contribution < 1.29 is 14.6 Å². The van der Waals surface area contributed by atoms with Gasteiger partial charge in [0.15, 0.2) is 0 Å². The Balaban J connectivity index is 1.78. The summed E-state index contributed by atoms with van der Waals surface area (Å²) in [6, 6.07) is 3.63. The van der Waals surface area contributed by atoms with E-state index in [1.165, 1.54) is 0 Å². The zero-order valence-electron chi connectivity index (χ0n) is 15.4. The summed E-state index contributed by atoms with van der Waals surface area (Å²) in [4.78, 5) is 20.7. The van der Waals surface area contributed by atoms with Crippen molar-refractivity contribution in [3.63, 3.8) is 0 Å². The van der Waals surface area contributed by atoms with Crippen LogP contribution >= 0.6 is 0 Å². The number of rotatable bonds is 3. The van der Waals surface area contributed by atoms with E-state index in [0.717, 1.165) is 31.9 Å². The molecule has 1 N–H and O–H groups in total. The number of piperidine rings is 1. The fraction of sp³-hybridized carbons (Fsp3) is 0.684. The van der Waals surface area contributed by atoms with Crippen molar-refractivity contribution in [1.82, 2.24) is 9.88 Å². The van der Waals surface area contributed by atoms with Crippen LogP contribution in [0.1, 0.15) is 36.5 Å². The van der Waals surface area contributed by atoms with Crippen molar-refractivity contribution >= 4 is 11.7 Å². The maximum atomic E-state index is 12.5. The SMILES string of the molecule is C[C@@H]1CN(c2ncccc2C(=O)N(C)C)CC[C@@]1(O)C1CCOCC1. The van der Waals surface area contributed by atoms with Gasteiger partial charge in [0.25, 0.3) is 5.91 Å². The van der Waals surface area contributed by atoms with Gasteiger partial charge in [0, 0.05) is 52.5 Å². The largest absolute Gasteiger partial charge is 0.389 e. The van der Waals surface area contributed by atoms with Crippen molar-refractivity contribution in [1.29, 1.82) is 0 Å². The number of anilines is 1. The van der Waals surface area contributed by atoms with Gasteiger partial charge >= 0.3 is 0 Å². The molecule has 0 spiro atoms. The van der Waals surface area contributed by atoms with Gasteiger partial charge in [0.05, 0.1) is 11.2 Å². The van der Waals surface area contributed by atoms with Crippen molar-refractivity contribution in [2.45, 2.75) is 31.8 Å². The molecular formula is C19H29N3O3. The van der Waals surface area contributed by atoms with E-state index in [9.17, 15) is 9.90 Å². The topological polar surface area (TPSA) is 65.9 Å². The Bertz CT molecular complexity index is 616. The summed E-state index contributed by atoms with van der Waals surface area (Å²) < 4.78 is 5.45. The lowest BCUT2D eigenvalue weighted by atomic mass is 9.70. The summed E-state index contributed by atoms with van der Waals surface area (Å²) in [6.07, 6.45) is 4.28. The highest BCUT2D eigenvalue weighted by molar-refractivity contribution is 5.98. The molecule has 25 heavy (non-hydrogen) atoms. The molecule has 3 rings (SSSR count). The first-order valence-electron chi connectivity index (χ1n) is 9.15. The first-order valence-corrected chi connectivity index (χ1v) is 9.15. The number of aromatic nitrogens is 1. The van der Waals surface area contributed by atoms with Crippen LogP contribution < -0.4 is 4.90 Å². The molecule has 2 atom stereocenters. The number of amides is 1. The van der Waals surface area contributed by atoms with E-state index in [1.807, 2.05) is 6.07 Å². The Morgan fingerprint density at radius 3 is 2.76 bits per heavy atom. The zero-order chi connectivity index (χ0) is 18.0. The molecule has 138 valence electrons. The van der Waals surface area contributed by atoms with Gasteiger partial charge in [0.1, 0.15) is 5.82 Å². The fourth-order valence-corrected chi connectivity index (χ4v) is 4.19. The highest BCUT2D eigenvalue weighted by atomic mass is 16.5. The van der Waals surface area contributed by atoms with E-state index in [2.05, 4.69) is 16.8 Å². The molecule has 1 amide bonds. The van der Waals surface area contributed by atoms with Crippen molar-refractivity contribution in [3.8, 4) is 0 Å². The minimum absolute atomic E-state index is 0.0407. The van der Waals surface area contributed by atoms with E-state index < -0.39 is 5.60 Å². The molecule has 6 nitrogen and oxygen atoms in total. The van der Waals surface area contributed by atoms with Crippen LogP contribution in [0.2, 0.25) is 0 Å². The molecule has 0 unspecified atom stereocenters. The van der Waals surface area contributed by atoms with Gasteiger partial charge < -0.3 is 19.6 Å². The first kappa shape index (κ1) is 18.1. The highest BCUT2D eigenvalue weighted by Crippen LogP contribution is 2.40. The molecule has 2 fully saturated rings. The number of hydrogen-bond donors (Lipinski definition) is 1. The molecular weight excluding hydrogens is 318 g/mol. The Morgan fingerprint density at radius 1 is 1.40 bits per heavy atom. The number of aliphatic hydroxyl groups is 1. The number of ether oxygens (including phenoxy) is 1. The standard InChI is InChI=1S/C19H29N3O3/c1-14-13-22(10-8-19(14,24)15-6-11-25-12-7-15)17-16(5-4-9-20-17)18(23)21(2)3/h4-5,9,14-15,24H,6-8,10-13H2,1-3H3/t14-,19+/m1/s1. The first-order chi connectivity index (χ1) is 11.9.